The Kier molecular flexibility index (Phi) is 6.22. The highest BCUT2D eigenvalue weighted by Gasteiger charge is 2.19. The fourth-order valence-corrected chi connectivity index (χ4v) is 2.04. The smallest absolute Gasteiger partial charge is 0.339 e. The van der Waals surface area contributed by atoms with Crippen LogP contribution in [0, 0.1) is 11.8 Å². The molecule has 0 amide bonds. The molecule has 1 aromatic rings. The van der Waals surface area contributed by atoms with E-state index in [0.29, 0.717) is 12.5 Å². The summed E-state index contributed by atoms with van der Waals surface area (Å²) < 4.78 is 5.25. The van der Waals surface area contributed by atoms with Crippen molar-refractivity contribution in [3.63, 3.8) is 0 Å². The molecule has 0 heterocycles. The van der Waals surface area contributed by atoms with Crippen LogP contribution < -0.4 is 0 Å². The third-order valence-electron chi connectivity index (χ3n) is 3.57. The molecule has 0 saturated carbocycles. The van der Waals surface area contributed by atoms with E-state index in [-0.39, 0.29) is 17.0 Å². The molecule has 0 bridgehead atoms. The lowest BCUT2D eigenvalue weighted by molar-refractivity contribution is 0.0402. The summed E-state index contributed by atoms with van der Waals surface area (Å²) in [6.07, 6.45) is 2.19. The predicted octanol–water partition coefficient (Wildman–Crippen LogP) is 3.61. The van der Waals surface area contributed by atoms with Crippen molar-refractivity contribution in [3.05, 3.63) is 35.4 Å². The normalized spacial score (nSPS) is 13.6. The maximum absolute atomic E-state index is 12.0. The standard InChI is InChI=1S/C16H22O4/c1-4-7-11(2)12(3)10-20-16(19)14-9-6-5-8-13(14)15(17)18/h5-6,8-9,11-12H,4,7,10H2,1-3H3,(H,17,18). The molecule has 1 N–H and O–H groups in total. The molecular weight excluding hydrogens is 256 g/mol. The molecule has 0 spiro atoms. The van der Waals surface area contributed by atoms with Gasteiger partial charge >= 0.3 is 11.9 Å². The van der Waals surface area contributed by atoms with Crippen molar-refractivity contribution < 1.29 is 19.4 Å². The van der Waals surface area contributed by atoms with Crippen LogP contribution in [-0.2, 0) is 4.74 Å². The van der Waals surface area contributed by atoms with Gasteiger partial charge in [0.25, 0.3) is 0 Å². The lowest BCUT2D eigenvalue weighted by atomic mass is 9.92. The van der Waals surface area contributed by atoms with Gasteiger partial charge in [0.05, 0.1) is 17.7 Å². The number of esters is 1. The van der Waals surface area contributed by atoms with Crippen LogP contribution in [0.4, 0.5) is 0 Å². The Morgan fingerprint density at radius 1 is 1.15 bits per heavy atom. The fraction of sp³-hybridized carbons (Fsp3) is 0.500. The van der Waals surface area contributed by atoms with E-state index in [2.05, 4.69) is 13.8 Å². The Morgan fingerprint density at radius 3 is 2.30 bits per heavy atom. The minimum absolute atomic E-state index is 0.0215. The third-order valence-corrected chi connectivity index (χ3v) is 3.57. The maximum atomic E-state index is 12.0. The van der Waals surface area contributed by atoms with Crippen LogP contribution in [0.3, 0.4) is 0 Å². The van der Waals surface area contributed by atoms with Gasteiger partial charge in [0.1, 0.15) is 0 Å². The summed E-state index contributed by atoms with van der Waals surface area (Å²) in [7, 11) is 0. The van der Waals surface area contributed by atoms with E-state index >= 15 is 0 Å². The zero-order valence-electron chi connectivity index (χ0n) is 12.3. The summed E-state index contributed by atoms with van der Waals surface area (Å²) in [6, 6.07) is 6.10. The molecule has 0 radical (unpaired) electrons. The number of hydrogen-bond donors (Lipinski definition) is 1. The first kappa shape index (κ1) is 16.2. The minimum Gasteiger partial charge on any atom is -0.478 e. The molecule has 0 saturated heterocycles. The van der Waals surface area contributed by atoms with Crippen LogP contribution in [0.5, 0.6) is 0 Å². The molecule has 1 rings (SSSR count). The first-order chi connectivity index (χ1) is 9.47. The van der Waals surface area contributed by atoms with Crippen molar-refractivity contribution in [2.75, 3.05) is 6.61 Å². The van der Waals surface area contributed by atoms with Crippen molar-refractivity contribution in [2.24, 2.45) is 11.8 Å². The molecule has 0 fully saturated rings. The first-order valence-corrected chi connectivity index (χ1v) is 6.96. The quantitative estimate of drug-likeness (QED) is 0.774. The fourth-order valence-electron chi connectivity index (χ4n) is 2.04. The van der Waals surface area contributed by atoms with Gasteiger partial charge in [0.2, 0.25) is 0 Å². The van der Waals surface area contributed by atoms with Gasteiger partial charge in [-0.3, -0.25) is 0 Å². The van der Waals surface area contributed by atoms with Crippen molar-refractivity contribution in [3.8, 4) is 0 Å². The van der Waals surface area contributed by atoms with E-state index in [1.165, 1.54) is 12.1 Å². The number of carboxylic acids is 1. The Morgan fingerprint density at radius 2 is 1.75 bits per heavy atom. The molecule has 4 nitrogen and oxygen atoms in total. The SMILES string of the molecule is CCCC(C)C(C)COC(=O)c1ccccc1C(=O)O. The molecule has 20 heavy (non-hydrogen) atoms. The number of rotatable bonds is 7. The second kappa shape index (κ2) is 7.68. The van der Waals surface area contributed by atoms with Gasteiger partial charge in [0.15, 0.2) is 0 Å². The Hall–Kier alpha value is -1.84. The highest BCUT2D eigenvalue weighted by molar-refractivity contribution is 6.02. The highest BCUT2D eigenvalue weighted by atomic mass is 16.5. The van der Waals surface area contributed by atoms with E-state index < -0.39 is 11.9 Å². The lowest BCUT2D eigenvalue weighted by Crippen LogP contribution is -2.19. The van der Waals surface area contributed by atoms with Gasteiger partial charge in [-0.15, -0.1) is 0 Å². The van der Waals surface area contributed by atoms with Gasteiger partial charge in [-0.2, -0.15) is 0 Å². The average Bonchev–Trinajstić information content (AvgIpc) is 2.44. The Balaban J connectivity index is 2.66. The number of carbonyl (C=O) groups is 2. The molecule has 2 atom stereocenters. The summed E-state index contributed by atoms with van der Waals surface area (Å²) in [4.78, 5) is 23.0. The largest absolute Gasteiger partial charge is 0.478 e. The monoisotopic (exact) mass is 278 g/mol. The van der Waals surface area contributed by atoms with E-state index in [1.807, 2.05) is 6.92 Å². The molecule has 0 aliphatic carbocycles. The number of benzene rings is 1. The number of carbonyl (C=O) groups excluding carboxylic acids is 1. The third kappa shape index (κ3) is 4.37. The molecular formula is C16H22O4. The van der Waals surface area contributed by atoms with Gasteiger partial charge in [0, 0.05) is 0 Å². The van der Waals surface area contributed by atoms with Crippen molar-refractivity contribution in [2.45, 2.75) is 33.6 Å². The van der Waals surface area contributed by atoms with E-state index in [9.17, 15) is 9.59 Å². The second-order valence-corrected chi connectivity index (χ2v) is 5.19. The van der Waals surface area contributed by atoms with Crippen molar-refractivity contribution in [1.29, 1.82) is 0 Å². The summed E-state index contributed by atoms with van der Waals surface area (Å²) in [5, 5.41) is 9.04. The highest BCUT2D eigenvalue weighted by Crippen LogP contribution is 2.18. The van der Waals surface area contributed by atoms with Gasteiger partial charge in [-0.05, 0) is 24.0 Å². The molecule has 0 aliphatic rings. The molecule has 4 heteroatoms. The molecule has 1 aromatic carbocycles. The topological polar surface area (TPSA) is 63.6 Å². The van der Waals surface area contributed by atoms with E-state index in [1.54, 1.807) is 12.1 Å². The number of carboxylic acid groups (broad SMARTS) is 1. The van der Waals surface area contributed by atoms with Gasteiger partial charge in [-0.25, -0.2) is 9.59 Å². The zero-order valence-corrected chi connectivity index (χ0v) is 12.3. The second-order valence-electron chi connectivity index (χ2n) is 5.19. The van der Waals surface area contributed by atoms with Crippen molar-refractivity contribution >= 4 is 11.9 Å². The lowest BCUT2D eigenvalue weighted by Gasteiger charge is -2.19. The summed E-state index contributed by atoms with van der Waals surface area (Å²) in [6.45, 7) is 6.61. The molecule has 2 unspecified atom stereocenters. The number of ether oxygens (including phenoxy) is 1. The van der Waals surface area contributed by atoms with E-state index in [0.717, 1.165) is 12.8 Å². The van der Waals surface area contributed by atoms with Crippen LogP contribution >= 0.6 is 0 Å². The maximum Gasteiger partial charge on any atom is 0.339 e. The number of hydrogen-bond acceptors (Lipinski definition) is 3. The van der Waals surface area contributed by atoms with Gasteiger partial charge in [-0.1, -0.05) is 45.7 Å². The van der Waals surface area contributed by atoms with Crippen LogP contribution in [0.2, 0.25) is 0 Å². The van der Waals surface area contributed by atoms with E-state index in [4.69, 9.17) is 9.84 Å². The van der Waals surface area contributed by atoms with Crippen molar-refractivity contribution in [1.82, 2.24) is 0 Å². The first-order valence-electron chi connectivity index (χ1n) is 6.96. The molecule has 0 aromatic heterocycles. The predicted molar refractivity (Wildman–Crippen MR) is 76.9 cm³/mol. The van der Waals surface area contributed by atoms with Crippen LogP contribution in [-0.4, -0.2) is 23.7 Å². The Bertz CT molecular complexity index is 467. The zero-order chi connectivity index (χ0) is 15.1. The summed E-state index contributed by atoms with van der Waals surface area (Å²) >= 11 is 0. The van der Waals surface area contributed by atoms with Crippen LogP contribution in [0.1, 0.15) is 54.3 Å². The molecule has 110 valence electrons. The Labute approximate surface area is 119 Å². The summed E-state index contributed by atoms with van der Waals surface area (Å²) in [5.41, 5.74) is 0.0853. The average molecular weight is 278 g/mol. The molecule has 0 aliphatic heterocycles. The summed E-state index contributed by atoms with van der Waals surface area (Å²) in [5.74, 6) is -0.957. The minimum atomic E-state index is -1.12. The van der Waals surface area contributed by atoms with Gasteiger partial charge < -0.3 is 9.84 Å². The van der Waals surface area contributed by atoms with Crippen LogP contribution in [0.25, 0.3) is 0 Å². The number of aromatic carboxylic acids is 1. The van der Waals surface area contributed by atoms with Crippen LogP contribution in [0.15, 0.2) is 24.3 Å².